The second kappa shape index (κ2) is 6.09. The molecule has 8 heteroatoms. The second-order valence-electron chi connectivity index (χ2n) is 6.73. The molecule has 0 atom stereocenters. The maximum absolute atomic E-state index is 12.8. The number of nitrogens with zero attached hydrogens (tertiary/aromatic N) is 3. The van der Waals surface area contributed by atoms with Gasteiger partial charge in [-0.3, -0.25) is 13.9 Å². The van der Waals surface area contributed by atoms with E-state index >= 15 is 0 Å². The molecule has 0 unspecified atom stereocenters. The molecule has 1 aliphatic rings. The number of aromatic nitrogens is 2. The van der Waals surface area contributed by atoms with Crippen LogP contribution in [-0.2, 0) is 35.1 Å². The smallest absolute Gasteiger partial charge is 0.311 e. The fourth-order valence-corrected chi connectivity index (χ4v) is 4.82. The quantitative estimate of drug-likeness (QED) is 0.679. The van der Waals surface area contributed by atoms with E-state index in [2.05, 4.69) is 0 Å². The van der Waals surface area contributed by atoms with Crippen LogP contribution in [0.15, 0.2) is 52.2 Å². The first-order valence-corrected chi connectivity index (χ1v) is 10.2. The molecular formula is C19H19N3O4S. The summed E-state index contributed by atoms with van der Waals surface area (Å²) in [5.41, 5.74) is 2.75. The van der Waals surface area contributed by atoms with Crippen LogP contribution >= 0.6 is 0 Å². The van der Waals surface area contributed by atoms with Crippen LogP contribution in [0.5, 0.6) is 0 Å². The molecule has 7 nitrogen and oxygen atoms in total. The van der Waals surface area contributed by atoms with Crippen LogP contribution in [-0.4, -0.2) is 35.8 Å². The predicted octanol–water partition coefficient (Wildman–Crippen LogP) is 1.24. The molecule has 0 saturated heterocycles. The van der Waals surface area contributed by atoms with Crippen LogP contribution < -0.4 is 10.6 Å². The summed E-state index contributed by atoms with van der Waals surface area (Å²) in [6, 6.07) is 12.0. The van der Waals surface area contributed by atoms with Gasteiger partial charge in [-0.25, -0.2) is 13.2 Å². The Bertz CT molecular complexity index is 1240. The number of carbonyl (C=O) groups excluding carboxylic acids is 1. The first-order valence-electron chi connectivity index (χ1n) is 8.56. The van der Waals surface area contributed by atoms with Gasteiger partial charge in [0.15, 0.2) is 9.84 Å². The van der Waals surface area contributed by atoms with Gasteiger partial charge in [0, 0.05) is 26.3 Å². The summed E-state index contributed by atoms with van der Waals surface area (Å²) >= 11 is 0. The Hall–Kier alpha value is -2.87. The lowest BCUT2D eigenvalue weighted by molar-refractivity contribution is -0.116. The fraction of sp³-hybridized carbons (Fsp3) is 0.263. The number of anilines is 1. The number of hydrogen-bond donors (Lipinski definition) is 0. The summed E-state index contributed by atoms with van der Waals surface area (Å²) in [4.78, 5) is 26.3. The van der Waals surface area contributed by atoms with E-state index in [4.69, 9.17) is 0 Å². The minimum atomic E-state index is -3.83. The molecule has 0 bridgehead atoms. The molecular weight excluding hydrogens is 366 g/mol. The molecule has 0 spiro atoms. The van der Waals surface area contributed by atoms with E-state index < -0.39 is 21.5 Å². The molecule has 0 N–H and O–H groups in total. The Kier molecular flexibility index (Phi) is 3.96. The summed E-state index contributed by atoms with van der Waals surface area (Å²) in [6.07, 6.45) is 0.722. The lowest BCUT2D eigenvalue weighted by Gasteiger charge is -2.17. The largest absolute Gasteiger partial charge is 0.328 e. The molecule has 4 rings (SSSR count). The fourth-order valence-electron chi connectivity index (χ4n) is 3.60. The highest BCUT2D eigenvalue weighted by molar-refractivity contribution is 7.92. The molecule has 2 aromatic carbocycles. The zero-order valence-corrected chi connectivity index (χ0v) is 15.9. The second-order valence-corrected chi connectivity index (χ2v) is 8.72. The molecule has 1 aliphatic heterocycles. The van der Waals surface area contributed by atoms with E-state index in [1.165, 1.54) is 26.2 Å². The third kappa shape index (κ3) is 2.76. The lowest BCUT2D eigenvalue weighted by atomic mass is 10.2. The van der Waals surface area contributed by atoms with Crippen molar-refractivity contribution in [2.75, 3.05) is 17.2 Å². The maximum atomic E-state index is 12.8. The predicted molar refractivity (Wildman–Crippen MR) is 103 cm³/mol. The van der Waals surface area contributed by atoms with Crippen molar-refractivity contribution in [1.82, 2.24) is 9.13 Å². The highest BCUT2D eigenvalue weighted by Crippen LogP contribution is 2.28. The average molecular weight is 385 g/mol. The van der Waals surface area contributed by atoms with E-state index in [0.717, 1.165) is 17.7 Å². The molecule has 3 aromatic rings. The van der Waals surface area contributed by atoms with E-state index in [0.29, 0.717) is 17.6 Å². The van der Waals surface area contributed by atoms with Gasteiger partial charge < -0.3 is 4.90 Å². The van der Waals surface area contributed by atoms with Crippen LogP contribution in [0.1, 0.15) is 5.56 Å². The van der Waals surface area contributed by atoms with Crippen molar-refractivity contribution in [3.05, 3.63) is 58.5 Å². The third-order valence-corrected chi connectivity index (χ3v) is 6.70. The van der Waals surface area contributed by atoms with Crippen molar-refractivity contribution < 1.29 is 13.2 Å². The van der Waals surface area contributed by atoms with E-state index in [-0.39, 0.29) is 10.6 Å². The normalized spacial score (nSPS) is 13.9. The Morgan fingerprint density at radius 1 is 1.04 bits per heavy atom. The average Bonchev–Trinajstić information content (AvgIpc) is 3.17. The molecule has 0 saturated carbocycles. The van der Waals surface area contributed by atoms with Crippen molar-refractivity contribution in [1.29, 1.82) is 0 Å². The topological polar surface area (TPSA) is 81.4 Å². The van der Waals surface area contributed by atoms with Gasteiger partial charge >= 0.3 is 5.69 Å². The summed E-state index contributed by atoms with van der Waals surface area (Å²) in [6.45, 7) is 0.486. The molecule has 0 fully saturated rings. The Morgan fingerprint density at radius 2 is 1.74 bits per heavy atom. The van der Waals surface area contributed by atoms with E-state index in [1.54, 1.807) is 20.2 Å². The van der Waals surface area contributed by atoms with Crippen LogP contribution in [0.3, 0.4) is 0 Å². The number of benzene rings is 2. The number of rotatable bonds is 3. The zero-order valence-electron chi connectivity index (χ0n) is 15.0. The van der Waals surface area contributed by atoms with Crippen molar-refractivity contribution in [3.8, 4) is 0 Å². The first-order chi connectivity index (χ1) is 12.8. The Morgan fingerprint density at radius 3 is 2.52 bits per heavy atom. The van der Waals surface area contributed by atoms with Gasteiger partial charge in [0.2, 0.25) is 5.91 Å². The van der Waals surface area contributed by atoms with Crippen LogP contribution in [0.2, 0.25) is 0 Å². The standard InChI is InChI=1S/C19H19N3O4S/c1-20-16-8-7-14(11-17(16)21(2)19(20)24)27(25,26)12-18(23)22-10-9-13-5-3-4-6-15(13)22/h3-8,11H,9-10,12H2,1-2H3. The van der Waals surface area contributed by atoms with Gasteiger partial charge in [0.1, 0.15) is 5.75 Å². The molecule has 2 heterocycles. The number of aryl methyl sites for hydroxylation is 2. The molecule has 140 valence electrons. The molecule has 27 heavy (non-hydrogen) atoms. The van der Waals surface area contributed by atoms with Crippen molar-refractivity contribution in [3.63, 3.8) is 0 Å². The number of fused-ring (bicyclic) bond motifs is 2. The van der Waals surface area contributed by atoms with E-state index in [1.807, 2.05) is 24.3 Å². The van der Waals surface area contributed by atoms with Gasteiger partial charge in [0.05, 0.1) is 15.9 Å². The van der Waals surface area contributed by atoms with Gasteiger partial charge in [-0.15, -0.1) is 0 Å². The minimum absolute atomic E-state index is 0.0389. The van der Waals surface area contributed by atoms with Crippen molar-refractivity contribution in [2.24, 2.45) is 14.1 Å². The number of carbonyl (C=O) groups is 1. The van der Waals surface area contributed by atoms with Gasteiger partial charge in [-0.05, 0) is 36.2 Å². The zero-order chi connectivity index (χ0) is 19.3. The van der Waals surface area contributed by atoms with E-state index in [9.17, 15) is 18.0 Å². The van der Waals surface area contributed by atoms with Gasteiger partial charge in [-0.1, -0.05) is 18.2 Å². The number of para-hydroxylation sites is 1. The van der Waals surface area contributed by atoms with Gasteiger partial charge in [-0.2, -0.15) is 0 Å². The first kappa shape index (κ1) is 17.5. The monoisotopic (exact) mass is 385 g/mol. The van der Waals surface area contributed by atoms with Crippen molar-refractivity contribution in [2.45, 2.75) is 11.3 Å². The summed E-state index contributed by atoms with van der Waals surface area (Å²) in [5, 5.41) is 0. The number of imidazole rings is 1. The van der Waals surface area contributed by atoms with Crippen molar-refractivity contribution >= 4 is 32.5 Å². The summed E-state index contributed by atoms with van der Waals surface area (Å²) < 4.78 is 28.5. The van der Waals surface area contributed by atoms with Crippen LogP contribution in [0, 0.1) is 0 Å². The minimum Gasteiger partial charge on any atom is -0.311 e. The summed E-state index contributed by atoms with van der Waals surface area (Å²) in [7, 11) is -0.604. The number of hydrogen-bond acceptors (Lipinski definition) is 4. The number of amides is 1. The highest BCUT2D eigenvalue weighted by Gasteiger charge is 2.29. The third-order valence-electron chi connectivity index (χ3n) is 5.10. The molecule has 0 aliphatic carbocycles. The Labute approximate surface area is 156 Å². The molecule has 0 radical (unpaired) electrons. The highest BCUT2D eigenvalue weighted by atomic mass is 32.2. The molecule has 1 aromatic heterocycles. The maximum Gasteiger partial charge on any atom is 0.328 e. The lowest BCUT2D eigenvalue weighted by Crippen LogP contribution is -2.34. The van der Waals surface area contributed by atoms with Gasteiger partial charge in [0.25, 0.3) is 0 Å². The van der Waals surface area contributed by atoms with Crippen LogP contribution in [0.25, 0.3) is 11.0 Å². The van der Waals surface area contributed by atoms with Crippen LogP contribution in [0.4, 0.5) is 5.69 Å². The Balaban J connectivity index is 1.66. The molecule has 1 amide bonds. The number of sulfone groups is 1. The summed E-state index contributed by atoms with van der Waals surface area (Å²) in [5.74, 6) is -1.05. The SMILES string of the molecule is Cn1c(=O)n(C)c2cc(S(=O)(=O)CC(=O)N3CCc4ccccc43)ccc21.